The first-order valence-corrected chi connectivity index (χ1v) is 12.4. The molecule has 0 aliphatic carbocycles. The summed E-state index contributed by atoms with van der Waals surface area (Å²) >= 11 is 1.43. The van der Waals surface area contributed by atoms with Crippen molar-refractivity contribution in [3.63, 3.8) is 0 Å². The topological polar surface area (TPSA) is 63.1 Å². The molecule has 3 aromatic rings. The van der Waals surface area contributed by atoms with Crippen molar-refractivity contribution in [3.05, 3.63) is 66.0 Å². The van der Waals surface area contributed by atoms with Gasteiger partial charge in [0.15, 0.2) is 5.16 Å². The summed E-state index contributed by atoms with van der Waals surface area (Å²) in [6.45, 7) is 5.09. The molecule has 0 bridgehead atoms. The van der Waals surface area contributed by atoms with Crippen molar-refractivity contribution in [2.45, 2.75) is 50.7 Å². The first-order chi connectivity index (χ1) is 15.7. The number of hydrogen-bond acceptors (Lipinski definition) is 5. The molecule has 1 fully saturated rings. The van der Waals surface area contributed by atoms with E-state index < -0.39 is 0 Å². The monoisotopic (exact) mass is 449 g/mol. The van der Waals surface area contributed by atoms with E-state index in [-0.39, 0.29) is 5.91 Å². The number of carbonyl (C=O) groups is 1. The average Bonchev–Trinajstić information content (AvgIpc) is 3.01. The van der Waals surface area contributed by atoms with Gasteiger partial charge in [-0.3, -0.25) is 4.79 Å². The number of hydrogen-bond donors (Lipinski definition) is 1. The Morgan fingerprint density at radius 1 is 0.969 bits per heavy atom. The summed E-state index contributed by atoms with van der Waals surface area (Å²) in [5.74, 6) is 1.19. The molecule has 1 aliphatic rings. The van der Waals surface area contributed by atoms with Crippen molar-refractivity contribution < 1.29 is 4.79 Å². The molecule has 1 aromatic heterocycles. The minimum atomic E-state index is -0.0345. The van der Waals surface area contributed by atoms with Gasteiger partial charge in [0.25, 0.3) is 0 Å². The highest BCUT2D eigenvalue weighted by Crippen LogP contribution is 2.23. The highest BCUT2D eigenvalue weighted by molar-refractivity contribution is 7.99. The summed E-state index contributed by atoms with van der Waals surface area (Å²) in [6.07, 6.45) is 5.89. The molecular formula is C25H31N5OS. The van der Waals surface area contributed by atoms with Gasteiger partial charge in [0.1, 0.15) is 5.82 Å². The van der Waals surface area contributed by atoms with Gasteiger partial charge in [0, 0.05) is 37.4 Å². The van der Waals surface area contributed by atoms with Crippen LogP contribution in [0.5, 0.6) is 0 Å². The summed E-state index contributed by atoms with van der Waals surface area (Å²) in [5.41, 5.74) is 3.27. The Hall–Kier alpha value is -2.80. The van der Waals surface area contributed by atoms with E-state index in [2.05, 4.69) is 56.2 Å². The molecule has 1 amide bonds. The first kappa shape index (κ1) is 22.4. The molecule has 6 nitrogen and oxygen atoms in total. The van der Waals surface area contributed by atoms with Gasteiger partial charge in [-0.15, -0.1) is 10.2 Å². The zero-order valence-electron chi connectivity index (χ0n) is 18.7. The molecule has 0 atom stereocenters. The average molecular weight is 450 g/mol. The van der Waals surface area contributed by atoms with Gasteiger partial charge in [0.2, 0.25) is 5.91 Å². The molecule has 1 N–H and O–H groups in total. The highest BCUT2D eigenvalue weighted by atomic mass is 32.2. The number of aromatic nitrogens is 3. The maximum atomic E-state index is 12.5. The van der Waals surface area contributed by atoms with Crippen molar-refractivity contribution in [1.29, 1.82) is 0 Å². The fourth-order valence-electron chi connectivity index (χ4n) is 4.06. The van der Waals surface area contributed by atoms with Crippen molar-refractivity contribution in [2.24, 2.45) is 0 Å². The van der Waals surface area contributed by atoms with E-state index in [9.17, 15) is 4.79 Å². The fourth-order valence-corrected chi connectivity index (χ4v) is 4.89. The number of amides is 1. The summed E-state index contributed by atoms with van der Waals surface area (Å²) in [7, 11) is 0. The van der Waals surface area contributed by atoms with Crippen LogP contribution in [-0.4, -0.2) is 39.5 Å². The van der Waals surface area contributed by atoms with Crippen LogP contribution < -0.4 is 10.2 Å². The molecule has 0 unspecified atom stereocenters. The maximum Gasteiger partial charge on any atom is 0.234 e. The van der Waals surface area contributed by atoms with Gasteiger partial charge in [-0.1, -0.05) is 54.9 Å². The lowest BCUT2D eigenvalue weighted by Gasteiger charge is -2.22. The number of benzene rings is 2. The second-order valence-corrected chi connectivity index (χ2v) is 9.03. The molecule has 7 heteroatoms. The van der Waals surface area contributed by atoms with Crippen LogP contribution in [0.2, 0.25) is 0 Å². The molecule has 1 aliphatic heterocycles. The highest BCUT2D eigenvalue weighted by Gasteiger charge is 2.14. The molecule has 4 rings (SSSR count). The Kier molecular flexibility index (Phi) is 7.82. The molecule has 0 saturated carbocycles. The van der Waals surface area contributed by atoms with Gasteiger partial charge >= 0.3 is 0 Å². The summed E-state index contributed by atoms with van der Waals surface area (Å²) in [6, 6.07) is 18.5. The summed E-state index contributed by atoms with van der Waals surface area (Å²) in [4.78, 5) is 15.0. The predicted molar refractivity (Wildman–Crippen MR) is 131 cm³/mol. The number of rotatable bonds is 8. The van der Waals surface area contributed by atoms with Crippen molar-refractivity contribution in [2.75, 3.05) is 29.1 Å². The Morgan fingerprint density at radius 3 is 2.38 bits per heavy atom. The van der Waals surface area contributed by atoms with E-state index in [1.165, 1.54) is 48.7 Å². The summed E-state index contributed by atoms with van der Waals surface area (Å²) < 4.78 is 2.08. The zero-order chi connectivity index (χ0) is 22.2. The minimum Gasteiger partial charge on any atom is -0.372 e. The lowest BCUT2D eigenvalue weighted by Crippen LogP contribution is -2.23. The fraction of sp³-hybridized carbons (Fsp3) is 0.400. The molecule has 32 heavy (non-hydrogen) atoms. The Labute approximate surface area is 194 Å². The SMILES string of the molecule is CCn1c(Cc2ccccc2)nnc1SCC(=O)Nc1ccc(N2CCCCCC2)cc1. The van der Waals surface area contributed by atoms with E-state index in [1.807, 2.05) is 30.3 Å². The lowest BCUT2D eigenvalue weighted by molar-refractivity contribution is -0.113. The zero-order valence-corrected chi connectivity index (χ0v) is 19.5. The van der Waals surface area contributed by atoms with E-state index in [1.54, 1.807) is 0 Å². The number of nitrogens with zero attached hydrogens (tertiary/aromatic N) is 4. The van der Waals surface area contributed by atoms with Crippen LogP contribution in [0.3, 0.4) is 0 Å². The number of anilines is 2. The van der Waals surface area contributed by atoms with Crippen LogP contribution in [0.25, 0.3) is 0 Å². The largest absolute Gasteiger partial charge is 0.372 e. The van der Waals surface area contributed by atoms with E-state index in [4.69, 9.17) is 0 Å². The van der Waals surface area contributed by atoms with Gasteiger partial charge in [-0.25, -0.2) is 0 Å². The van der Waals surface area contributed by atoms with Crippen LogP contribution in [0.4, 0.5) is 11.4 Å². The molecule has 0 radical (unpaired) electrons. The van der Waals surface area contributed by atoms with E-state index in [0.717, 1.165) is 42.7 Å². The van der Waals surface area contributed by atoms with Gasteiger partial charge in [0.05, 0.1) is 5.75 Å². The van der Waals surface area contributed by atoms with E-state index in [0.29, 0.717) is 5.75 Å². The summed E-state index contributed by atoms with van der Waals surface area (Å²) in [5, 5.41) is 12.5. The normalized spacial score (nSPS) is 14.2. The van der Waals surface area contributed by atoms with Crippen molar-refractivity contribution >= 4 is 29.0 Å². The standard InChI is InChI=1S/C25H31N5OS/c1-2-30-23(18-20-10-6-5-7-11-20)27-28-25(30)32-19-24(31)26-21-12-14-22(15-13-21)29-16-8-3-4-9-17-29/h5-7,10-15H,2-4,8-9,16-19H2,1H3,(H,26,31). The quantitative estimate of drug-likeness (QED) is 0.490. The molecule has 168 valence electrons. The maximum absolute atomic E-state index is 12.5. The molecular weight excluding hydrogens is 418 g/mol. The van der Waals surface area contributed by atoms with Crippen molar-refractivity contribution in [1.82, 2.24) is 14.8 Å². The molecule has 2 aromatic carbocycles. The number of carbonyl (C=O) groups excluding carboxylic acids is 1. The third kappa shape index (κ3) is 5.91. The number of nitrogens with one attached hydrogen (secondary N) is 1. The molecule has 0 spiro atoms. The Bertz CT molecular complexity index is 995. The Balaban J connectivity index is 1.31. The smallest absolute Gasteiger partial charge is 0.234 e. The van der Waals surface area contributed by atoms with Crippen LogP contribution in [0.15, 0.2) is 59.8 Å². The lowest BCUT2D eigenvalue weighted by atomic mass is 10.1. The van der Waals surface area contributed by atoms with Gasteiger partial charge < -0.3 is 14.8 Å². The molecule has 2 heterocycles. The van der Waals surface area contributed by atoms with Gasteiger partial charge in [-0.05, 0) is 49.6 Å². The van der Waals surface area contributed by atoms with Gasteiger partial charge in [-0.2, -0.15) is 0 Å². The van der Waals surface area contributed by atoms with E-state index >= 15 is 0 Å². The third-order valence-electron chi connectivity index (χ3n) is 5.77. The number of thioether (sulfide) groups is 1. The third-order valence-corrected chi connectivity index (χ3v) is 6.74. The molecule has 1 saturated heterocycles. The minimum absolute atomic E-state index is 0.0345. The van der Waals surface area contributed by atoms with Crippen molar-refractivity contribution in [3.8, 4) is 0 Å². The van der Waals surface area contributed by atoms with Crippen LogP contribution in [0.1, 0.15) is 44.0 Å². The first-order valence-electron chi connectivity index (χ1n) is 11.5. The predicted octanol–water partition coefficient (Wildman–Crippen LogP) is 5.00. The second-order valence-electron chi connectivity index (χ2n) is 8.09. The van der Waals surface area contributed by atoms with Crippen LogP contribution in [-0.2, 0) is 17.8 Å². The van der Waals surface area contributed by atoms with Crippen LogP contribution >= 0.6 is 11.8 Å². The van der Waals surface area contributed by atoms with Crippen LogP contribution in [0, 0.1) is 0 Å². The second kappa shape index (κ2) is 11.2. The Morgan fingerprint density at radius 2 is 1.69 bits per heavy atom.